The van der Waals surface area contributed by atoms with Gasteiger partial charge >= 0.3 is 0 Å². The molecule has 3 amide bonds. The van der Waals surface area contributed by atoms with Crippen molar-refractivity contribution in [1.29, 1.82) is 0 Å². The third kappa shape index (κ3) is 7.10. The Labute approximate surface area is 251 Å². The number of likely N-dealkylation sites (N-methyl/N-ethyl adjacent to an activating group) is 2. The van der Waals surface area contributed by atoms with E-state index in [-0.39, 0.29) is 17.7 Å². The van der Waals surface area contributed by atoms with Gasteiger partial charge in [0.05, 0.1) is 23.5 Å². The number of nitrogens with zero attached hydrogens (tertiary/aromatic N) is 3. The Morgan fingerprint density at radius 2 is 1.67 bits per heavy atom. The lowest BCUT2D eigenvalue weighted by Gasteiger charge is -2.32. The molecule has 1 fully saturated rings. The van der Waals surface area contributed by atoms with Crippen molar-refractivity contribution in [2.24, 2.45) is 0 Å². The van der Waals surface area contributed by atoms with Gasteiger partial charge < -0.3 is 25.8 Å². The van der Waals surface area contributed by atoms with E-state index in [2.05, 4.69) is 32.8 Å². The number of hydrogen-bond donors (Lipinski definition) is 3. The molecule has 9 nitrogen and oxygen atoms in total. The second-order valence-electron chi connectivity index (χ2n) is 10.9. The fourth-order valence-corrected chi connectivity index (χ4v) is 5.15. The predicted octanol–water partition coefficient (Wildman–Crippen LogP) is 3.99. The van der Waals surface area contributed by atoms with E-state index in [9.17, 15) is 18.8 Å². The molecule has 2 heterocycles. The maximum absolute atomic E-state index is 13.9. The van der Waals surface area contributed by atoms with E-state index in [0.717, 1.165) is 43.0 Å². The first-order valence-corrected chi connectivity index (χ1v) is 14.5. The molecule has 1 saturated heterocycles. The molecular weight excluding hydrogens is 547 g/mol. The summed E-state index contributed by atoms with van der Waals surface area (Å²) in [5.74, 6) is -0.784. The Bertz CT molecular complexity index is 1530. The lowest BCUT2D eigenvalue weighted by Crippen LogP contribution is -2.48. The van der Waals surface area contributed by atoms with Crippen molar-refractivity contribution in [3.05, 3.63) is 89.2 Å². The fourth-order valence-electron chi connectivity index (χ4n) is 5.15. The van der Waals surface area contributed by atoms with Crippen LogP contribution in [0.4, 0.5) is 21.5 Å². The first kappa shape index (κ1) is 29.9. The summed E-state index contributed by atoms with van der Waals surface area (Å²) >= 11 is 0. The number of carbonyl (C=O) groups excluding carboxylic acids is 3. The van der Waals surface area contributed by atoms with Crippen LogP contribution >= 0.6 is 0 Å². The van der Waals surface area contributed by atoms with Crippen molar-refractivity contribution >= 4 is 46.1 Å². The van der Waals surface area contributed by atoms with Gasteiger partial charge in [-0.15, -0.1) is 0 Å². The lowest BCUT2D eigenvalue weighted by atomic mass is 9.99. The van der Waals surface area contributed by atoms with Crippen molar-refractivity contribution in [3.8, 4) is 0 Å². The van der Waals surface area contributed by atoms with Crippen LogP contribution in [0.25, 0.3) is 11.3 Å². The van der Waals surface area contributed by atoms with Gasteiger partial charge in [0.25, 0.3) is 5.91 Å². The van der Waals surface area contributed by atoms with Crippen molar-refractivity contribution in [2.75, 3.05) is 62.4 Å². The quantitative estimate of drug-likeness (QED) is 0.329. The van der Waals surface area contributed by atoms with E-state index in [1.54, 1.807) is 24.9 Å². The number of hydrogen-bond acceptors (Lipinski definition) is 6. The number of amides is 3. The topological polar surface area (TPSA) is 97.0 Å². The minimum atomic E-state index is -0.435. The van der Waals surface area contributed by atoms with E-state index in [4.69, 9.17) is 0 Å². The monoisotopic (exact) mass is 584 g/mol. The smallest absolute Gasteiger partial charge is 0.258 e. The second kappa shape index (κ2) is 13.2. The van der Waals surface area contributed by atoms with E-state index in [1.165, 1.54) is 12.1 Å². The molecule has 0 bridgehead atoms. The van der Waals surface area contributed by atoms with Crippen LogP contribution in [-0.2, 0) is 20.9 Å². The molecule has 0 aliphatic carbocycles. The second-order valence-corrected chi connectivity index (χ2v) is 10.9. The van der Waals surface area contributed by atoms with E-state index < -0.39 is 5.82 Å². The molecule has 0 aromatic heterocycles. The summed E-state index contributed by atoms with van der Waals surface area (Å²) in [4.78, 5) is 44.0. The van der Waals surface area contributed by atoms with Gasteiger partial charge in [0, 0.05) is 63.1 Å². The Morgan fingerprint density at radius 3 is 2.35 bits per heavy atom. The van der Waals surface area contributed by atoms with E-state index in [0.29, 0.717) is 47.7 Å². The molecule has 5 rings (SSSR count). The lowest BCUT2D eigenvalue weighted by molar-refractivity contribution is -0.121. The minimum Gasteiger partial charge on any atom is -0.354 e. The van der Waals surface area contributed by atoms with Crippen LogP contribution in [0.5, 0.6) is 0 Å². The summed E-state index contributed by atoms with van der Waals surface area (Å²) in [5.41, 5.74) is 5.10. The molecule has 0 unspecified atom stereocenters. The van der Waals surface area contributed by atoms with E-state index in [1.807, 2.05) is 48.5 Å². The highest BCUT2D eigenvalue weighted by atomic mass is 19.1. The number of nitrogens with one attached hydrogen (secondary N) is 3. The Kier molecular flexibility index (Phi) is 9.18. The minimum absolute atomic E-state index is 0.0229. The third-order valence-electron chi connectivity index (χ3n) is 7.88. The molecule has 3 aromatic carbocycles. The highest BCUT2D eigenvalue weighted by molar-refractivity contribution is 6.37. The predicted molar refractivity (Wildman–Crippen MR) is 168 cm³/mol. The van der Waals surface area contributed by atoms with Crippen molar-refractivity contribution in [3.63, 3.8) is 0 Å². The van der Waals surface area contributed by atoms with Gasteiger partial charge in [-0.3, -0.25) is 19.3 Å². The standard InChI is InChI=1S/C33H37FN6O3/c1-4-29(41)35-20-22-5-7-23(8-6-22)32(31-27-14-9-24(34)19-28(27)37-33(31)43)36-25-10-12-26(13-11-25)39(3)30(42)21-40-17-15-38(2)16-18-40/h5-14,19,36H,4,15-18,20-21H2,1-3H3,(H,35,41)(H,37,43). The van der Waals surface area contributed by atoms with Crippen LogP contribution in [0.15, 0.2) is 66.7 Å². The highest BCUT2D eigenvalue weighted by Crippen LogP contribution is 2.38. The van der Waals surface area contributed by atoms with E-state index >= 15 is 0 Å². The van der Waals surface area contributed by atoms with Crippen LogP contribution in [0.3, 0.4) is 0 Å². The Hall–Kier alpha value is -4.54. The molecule has 224 valence electrons. The van der Waals surface area contributed by atoms with Gasteiger partial charge in [0.2, 0.25) is 11.8 Å². The molecule has 0 spiro atoms. The summed E-state index contributed by atoms with van der Waals surface area (Å²) in [6.45, 7) is 6.21. The number of carbonyl (C=O) groups is 3. The number of piperazine rings is 1. The normalized spacial score (nSPS) is 16.3. The van der Waals surface area contributed by atoms with Crippen molar-refractivity contribution in [1.82, 2.24) is 15.1 Å². The van der Waals surface area contributed by atoms with Crippen LogP contribution < -0.4 is 20.9 Å². The zero-order chi connectivity index (χ0) is 30.5. The molecule has 0 saturated carbocycles. The molecule has 3 aromatic rings. The largest absolute Gasteiger partial charge is 0.354 e. The highest BCUT2D eigenvalue weighted by Gasteiger charge is 2.29. The Morgan fingerprint density at radius 1 is 0.977 bits per heavy atom. The average molecular weight is 585 g/mol. The molecule has 0 atom stereocenters. The van der Waals surface area contributed by atoms with Gasteiger partial charge in [-0.2, -0.15) is 0 Å². The molecule has 2 aliphatic heterocycles. The summed E-state index contributed by atoms with van der Waals surface area (Å²) in [6, 6.07) is 19.3. The summed E-state index contributed by atoms with van der Waals surface area (Å²) in [6.07, 6.45) is 0.409. The van der Waals surface area contributed by atoms with Crippen molar-refractivity contribution < 1.29 is 18.8 Å². The fraction of sp³-hybridized carbons (Fsp3) is 0.303. The average Bonchev–Trinajstić information content (AvgIpc) is 3.34. The van der Waals surface area contributed by atoms with Crippen LogP contribution in [0.2, 0.25) is 0 Å². The van der Waals surface area contributed by atoms with Gasteiger partial charge in [-0.25, -0.2) is 4.39 Å². The number of benzene rings is 3. The maximum Gasteiger partial charge on any atom is 0.258 e. The summed E-state index contributed by atoms with van der Waals surface area (Å²) in [7, 11) is 3.86. The summed E-state index contributed by atoms with van der Waals surface area (Å²) in [5, 5.41) is 9.04. The van der Waals surface area contributed by atoms with Crippen molar-refractivity contribution in [2.45, 2.75) is 19.9 Å². The number of anilines is 3. The van der Waals surface area contributed by atoms with Gasteiger partial charge in [0.15, 0.2) is 0 Å². The van der Waals surface area contributed by atoms with Crippen LogP contribution in [0.1, 0.15) is 30.0 Å². The van der Waals surface area contributed by atoms with Gasteiger partial charge in [-0.05, 0) is 60.6 Å². The molecular formula is C33H37FN6O3. The SMILES string of the molecule is CCC(=O)NCc1ccc(C(Nc2ccc(N(C)C(=O)CN3CCN(C)CC3)cc2)=C2C(=O)Nc3cc(F)ccc32)cc1. The first-order valence-electron chi connectivity index (χ1n) is 14.5. The van der Waals surface area contributed by atoms with Gasteiger partial charge in [-0.1, -0.05) is 31.2 Å². The maximum atomic E-state index is 13.9. The third-order valence-corrected chi connectivity index (χ3v) is 7.88. The van der Waals surface area contributed by atoms with Gasteiger partial charge in [0.1, 0.15) is 5.82 Å². The summed E-state index contributed by atoms with van der Waals surface area (Å²) < 4.78 is 13.9. The molecule has 3 N–H and O–H groups in total. The first-order chi connectivity index (χ1) is 20.7. The van der Waals surface area contributed by atoms with Crippen LogP contribution in [0, 0.1) is 5.82 Å². The molecule has 43 heavy (non-hydrogen) atoms. The number of fused-ring (bicyclic) bond motifs is 1. The van der Waals surface area contributed by atoms with Crippen LogP contribution in [-0.4, -0.2) is 74.3 Å². The molecule has 10 heteroatoms. The zero-order valence-corrected chi connectivity index (χ0v) is 24.7. The zero-order valence-electron chi connectivity index (χ0n) is 24.7. The molecule has 0 radical (unpaired) electrons. The molecule has 2 aliphatic rings. The Balaban J connectivity index is 1.39. The number of rotatable bonds is 9. The number of halogens is 1.